The molecule has 0 N–H and O–H groups in total. The van der Waals surface area contributed by atoms with E-state index in [9.17, 15) is 0 Å². The van der Waals surface area contributed by atoms with Gasteiger partial charge in [0.15, 0.2) is 0 Å². The Labute approximate surface area is 187 Å². The second-order valence-electron chi connectivity index (χ2n) is 10.4. The van der Waals surface area contributed by atoms with Crippen LogP contribution in [-0.4, -0.2) is 0 Å². The van der Waals surface area contributed by atoms with Gasteiger partial charge in [-0.25, -0.2) is 0 Å². The lowest BCUT2D eigenvalue weighted by atomic mass is 9.75. The van der Waals surface area contributed by atoms with Crippen LogP contribution in [0, 0.1) is 5.41 Å². The molecule has 0 radical (unpaired) electrons. The second-order valence-corrected chi connectivity index (χ2v) is 10.4. The van der Waals surface area contributed by atoms with Gasteiger partial charge in [0, 0.05) is 0 Å². The quantitative estimate of drug-likeness (QED) is 0.139. The van der Waals surface area contributed by atoms with Crippen molar-refractivity contribution in [3.05, 3.63) is 0 Å². The number of hydrogen-bond acceptors (Lipinski definition) is 0. The van der Waals surface area contributed by atoms with Gasteiger partial charge in [-0.3, -0.25) is 0 Å². The van der Waals surface area contributed by atoms with Crippen LogP contribution < -0.4 is 0 Å². The second kappa shape index (κ2) is 22.7. The molecule has 0 aliphatic carbocycles. The monoisotopic (exact) mass is 408 g/mol. The van der Waals surface area contributed by atoms with Crippen molar-refractivity contribution >= 4 is 0 Å². The zero-order valence-electron chi connectivity index (χ0n) is 21.5. The highest BCUT2D eigenvalue weighted by Gasteiger charge is 2.22. The van der Waals surface area contributed by atoms with Crippen LogP contribution in [0.5, 0.6) is 0 Å². The lowest BCUT2D eigenvalue weighted by molar-refractivity contribution is 0.222. The van der Waals surface area contributed by atoms with Crippen LogP contribution in [0.1, 0.15) is 182 Å². The average molecular weight is 409 g/mol. The zero-order chi connectivity index (χ0) is 21.5. The average Bonchev–Trinajstić information content (AvgIpc) is 2.72. The maximum absolute atomic E-state index is 2.64. The van der Waals surface area contributed by atoms with E-state index in [0.29, 0.717) is 5.41 Å². The molecule has 0 heteroatoms. The summed E-state index contributed by atoms with van der Waals surface area (Å²) in [5.41, 5.74) is 0.635. The fourth-order valence-corrected chi connectivity index (χ4v) is 4.90. The number of unbranched alkanes of at least 4 members (excludes halogenated alkanes) is 18. The smallest absolute Gasteiger partial charge is 0.0326 e. The molecule has 0 aromatic rings. The predicted molar refractivity (Wildman–Crippen MR) is 136 cm³/mol. The van der Waals surface area contributed by atoms with Gasteiger partial charge in [0.1, 0.15) is 0 Å². The van der Waals surface area contributed by atoms with Gasteiger partial charge in [0.2, 0.25) is 0 Å². The van der Waals surface area contributed by atoms with E-state index in [0.717, 1.165) is 0 Å². The minimum Gasteiger partial charge on any atom is -0.0654 e. The first-order valence-electron chi connectivity index (χ1n) is 14.2. The third kappa shape index (κ3) is 21.0. The lowest BCUT2D eigenvalue weighted by Gasteiger charge is -2.30. The molecule has 0 unspecified atom stereocenters. The molecule has 0 fully saturated rings. The van der Waals surface area contributed by atoms with E-state index in [-0.39, 0.29) is 0 Å². The van der Waals surface area contributed by atoms with E-state index in [1.54, 1.807) is 0 Å². The van der Waals surface area contributed by atoms with E-state index in [4.69, 9.17) is 0 Å². The molecule has 0 aliphatic rings. The summed E-state index contributed by atoms with van der Waals surface area (Å²) in [6.45, 7) is 9.59. The summed E-state index contributed by atoms with van der Waals surface area (Å²) < 4.78 is 0. The third-order valence-electron chi connectivity index (χ3n) is 7.15. The van der Waals surface area contributed by atoms with Crippen LogP contribution in [0.15, 0.2) is 0 Å². The van der Waals surface area contributed by atoms with Gasteiger partial charge >= 0.3 is 0 Å². The third-order valence-corrected chi connectivity index (χ3v) is 7.15. The fourth-order valence-electron chi connectivity index (χ4n) is 4.90. The van der Waals surface area contributed by atoms with E-state index >= 15 is 0 Å². The SMILES string of the molecule is CCCCCCCCCC(C)(CCCCCCCCC)CCCCCCCCC. The Morgan fingerprint density at radius 2 is 0.517 bits per heavy atom. The molecular formula is C29H60. The van der Waals surface area contributed by atoms with E-state index in [2.05, 4.69) is 27.7 Å². The van der Waals surface area contributed by atoms with Crippen LogP contribution in [-0.2, 0) is 0 Å². The van der Waals surface area contributed by atoms with Crippen molar-refractivity contribution in [2.75, 3.05) is 0 Å². The van der Waals surface area contributed by atoms with Crippen LogP contribution in [0.2, 0.25) is 0 Å². The van der Waals surface area contributed by atoms with Crippen molar-refractivity contribution in [3.63, 3.8) is 0 Å². The lowest BCUT2D eigenvalue weighted by Crippen LogP contribution is -2.16. The van der Waals surface area contributed by atoms with Gasteiger partial charge in [-0.1, -0.05) is 163 Å². The molecule has 0 saturated heterocycles. The summed E-state index contributed by atoms with van der Waals surface area (Å²) in [7, 11) is 0. The minimum atomic E-state index is 0.635. The Kier molecular flexibility index (Phi) is 22.7. The zero-order valence-corrected chi connectivity index (χ0v) is 21.5. The first-order valence-corrected chi connectivity index (χ1v) is 14.2. The molecule has 0 spiro atoms. The molecule has 0 aliphatic heterocycles. The molecule has 0 aromatic carbocycles. The van der Waals surface area contributed by atoms with Gasteiger partial charge in [-0.15, -0.1) is 0 Å². The molecule has 0 atom stereocenters. The highest BCUT2D eigenvalue weighted by Crippen LogP contribution is 2.37. The molecule has 0 rings (SSSR count). The Balaban J connectivity index is 4.03. The van der Waals surface area contributed by atoms with Crippen LogP contribution >= 0.6 is 0 Å². The predicted octanol–water partition coefficient (Wildman–Crippen LogP) is 11.4. The fraction of sp³-hybridized carbons (Fsp3) is 1.00. The first-order chi connectivity index (χ1) is 14.2. The molecule has 0 aromatic heterocycles. The molecule has 0 amide bonds. The number of hydrogen-bond donors (Lipinski definition) is 0. The Morgan fingerprint density at radius 3 is 0.759 bits per heavy atom. The summed E-state index contributed by atoms with van der Waals surface area (Å²) >= 11 is 0. The Hall–Kier alpha value is 0. The van der Waals surface area contributed by atoms with Crippen molar-refractivity contribution in [2.24, 2.45) is 5.41 Å². The molecule has 29 heavy (non-hydrogen) atoms. The summed E-state index contributed by atoms with van der Waals surface area (Å²) in [5.74, 6) is 0. The molecule has 176 valence electrons. The highest BCUT2D eigenvalue weighted by atomic mass is 14.3. The van der Waals surface area contributed by atoms with Crippen LogP contribution in [0.25, 0.3) is 0 Å². The van der Waals surface area contributed by atoms with E-state index in [1.807, 2.05) is 0 Å². The molecule has 0 nitrogen and oxygen atoms in total. The normalized spacial score (nSPS) is 12.0. The van der Waals surface area contributed by atoms with Gasteiger partial charge in [0.05, 0.1) is 0 Å². The van der Waals surface area contributed by atoms with Crippen molar-refractivity contribution in [3.8, 4) is 0 Å². The first kappa shape index (κ1) is 29.0. The molecule has 0 heterocycles. The van der Waals surface area contributed by atoms with Gasteiger partial charge in [0.25, 0.3) is 0 Å². The van der Waals surface area contributed by atoms with Crippen molar-refractivity contribution in [1.29, 1.82) is 0 Å². The van der Waals surface area contributed by atoms with Gasteiger partial charge in [-0.2, -0.15) is 0 Å². The maximum atomic E-state index is 2.64. The van der Waals surface area contributed by atoms with Crippen molar-refractivity contribution < 1.29 is 0 Å². The van der Waals surface area contributed by atoms with Crippen LogP contribution in [0.4, 0.5) is 0 Å². The maximum Gasteiger partial charge on any atom is -0.0326 e. The van der Waals surface area contributed by atoms with E-state index < -0.39 is 0 Å². The summed E-state index contributed by atoms with van der Waals surface area (Å²) in [6, 6.07) is 0. The summed E-state index contributed by atoms with van der Waals surface area (Å²) in [5, 5.41) is 0. The van der Waals surface area contributed by atoms with Crippen molar-refractivity contribution in [2.45, 2.75) is 182 Å². The molecular weight excluding hydrogens is 348 g/mol. The Morgan fingerprint density at radius 1 is 0.310 bits per heavy atom. The van der Waals surface area contributed by atoms with Gasteiger partial charge in [-0.05, 0) is 24.7 Å². The van der Waals surface area contributed by atoms with E-state index in [1.165, 1.54) is 154 Å². The molecule has 0 saturated carbocycles. The Bertz CT molecular complexity index is 247. The largest absolute Gasteiger partial charge is 0.0654 e. The minimum absolute atomic E-state index is 0.635. The number of rotatable bonds is 24. The van der Waals surface area contributed by atoms with Crippen LogP contribution in [0.3, 0.4) is 0 Å². The summed E-state index contributed by atoms with van der Waals surface area (Å²) in [6.07, 6.45) is 35.0. The highest BCUT2D eigenvalue weighted by molar-refractivity contribution is 4.75. The van der Waals surface area contributed by atoms with Gasteiger partial charge < -0.3 is 0 Å². The molecule has 0 bridgehead atoms. The summed E-state index contributed by atoms with van der Waals surface area (Å²) in [4.78, 5) is 0. The topological polar surface area (TPSA) is 0 Å². The standard InChI is InChI=1S/C29H60/c1-5-8-11-14-17-20-23-26-29(4,27-24-21-18-15-12-9-6-2)28-25-22-19-16-13-10-7-3/h5-28H2,1-4H3. The van der Waals surface area contributed by atoms with Crippen molar-refractivity contribution in [1.82, 2.24) is 0 Å².